The first-order valence-corrected chi connectivity index (χ1v) is 9.33. The van der Waals surface area contributed by atoms with Crippen LogP contribution in [0.2, 0.25) is 0 Å². The predicted molar refractivity (Wildman–Crippen MR) is 108 cm³/mol. The van der Waals surface area contributed by atoms with Gasteiger partial charge in [-0.05, 0) is 42.5 Å². The fourth-order valence-corrected chi connectivity index (χ4v) is 3.75. The number of nitrogens with one attached hydrogen (secondary N) is 1. The minimum Gasteiger partial charge on any atom is -0.322 e. The Morgan fingerprint density at radius 1 is 1.04 bits per heavy atom. The molecular weight excluding hydrogens is 356 g/mol. The van der Waals surface area contributed by atoms with Crippen molar-refractivity contribution in [1.82, 2.24) is 14.4 Å². The van der Waals surface area contributed by atoms with Gasteiger partial charge < -0.3 is 9.72 Å². The number of rotatable bonds is 3. The molecule has 0 bridgehead atoms. The maximum atomic E-state index is 12.6. The minimum absolute atomic E-state index is 0.141. The lowest BCUT2D eigenvalue weighted by molar-refractivity contribution is 0.102. The number of aromatic nitrogens is 3. The van der Waals surface area contributed by atoms with Gasteiger partial charge in [-0.1, -0.05) is 18.2 Å². The zero-order valence-corrected chi connectivity index (χ0v) is 15.0. The van der Waals surface area contributed by atoms with E-state index < -0.39 is 0 Å². The van der Waals surface area contributed by atoms with Crippen molar-refractivity contribution >= 4 is 38.8 Å². The van der Waals surface area contributed by atoms with Crippen molar-refractivity contribution < 1.29 is 4.79 Å². The van der Waals surface area contributed by atoms with E-state index in [1.165, 1.54) is 11.3 Å². The van der Waals surface area contributed by atoms with Gasteiger partial charge in [0.2, 0.25) is 0 Å². The highest BCUT2D eigenvalue weighted by Gasteiger charge is 2.10. The van der Waals surface area contributed by atoms with Gasteiger partial charge in [-0.15, -0.1) is 11.3 Å². The fourth-order valence-electron chi connectivity index (χ4n) is 3.03. The molecule has 0 saturated carbocycles. The first kappa shape index (κ1) is 15.7. The molecule has 130 valence electrons. The quantitative estimate of drug-likeness (QED) is 0.493. The third kappa shape index (κ3) is 2.96. The van der Waals surface area contributed by atoms with E-state index in [0.29, 0.717) is 5.56 Å². The lowest BCUT2D eigenvalue weighted by Gasteiger charge is -2.07. The molecule has 0 aliphatic carbocycles. The molecule has 0 atom stereocenters. The van der Waals surface area contributed by atoms with Crippen molar-refractivity contribution in [2.75, 3.05) is 5.32 Å². The van der Waals surface area contributed by atoms with Crippen LogP contribution in [-0.4, -0.2) is 20.3 Å². The lowest BCUT2D eigenvalue weighted by Crippen LogP contribution is -2.11. The van der Waals surface area contributed by atoms with Gasteiger partial charge in [-0.2, -0.15) is 0 Å². The summed E-state index contributed by atoms with van der Waals surface area (Å²) in [5.74, 6) is -0.141. The van der Waals surface area contributed by atoms with E-state index in [4.69, 9.17) is 0 Å². The van der Waals surface area contributed by atoms with Crippen LogP contribution in [0.5, 0.6) is 0 Å². The molecule has 0 saturated heterocycles. The summed E-state index contributed by atoms with van der Waals surface area (Å²) in [4.78, 5) is 21.5. The summed E-state index contributed by atoms with van der Waals surface area (Å²) in [5.41, 5.74) is 6.75. The van der Waals surface area contributed by atoms with E-state index >= 15 is 0 Å². The molecule has 0 unspecified atom stereocenters. The number of pyridine rings is 1. The Hall–Kier alpha value is -3.51. The molecule has 1 N–H and O–H groups in total. The third-order valence-corrected chi connectivity index (χ3v) is 5.17. The fraction of sp³-hybridized carbons (Fsp3) is 0. The van der Waals surface area contributed by atoms with Crippen LogP contribution < -0.4 is 5.32 Å². The van der Waals surface area contributed by atoms with Gasteiger partial charge in [0, 0.05) is 29.2 Å². The van der Waals surface area contributed by atoms with Crippen molar-refractivity contribution in [2.45, 2.75) is 0 Å². The molecule has 6 heteroatoms. The zero-order chi connectivity index (χ0) is 18.2. The second kappa shape index (κ2) is 6.34. The molecule has 0 fully saturated rings. The number of imidazole rings is 1. The monoisotopic (exact) mass is 370 g/mol. The molecule has 5 rings (SSSR count). The van der Waals surface area contributed by atoms with E-state index in [9.17, 15) is 4.79 Å². The maximum Gasteiger partial charge on any atom is 0.255 e. The first-order valence-electron chi connectivity index (χ1n) is 8.45. The summed E-state index contributed by atoms with van der Waals surface area (Å²) < 4.78 is 2.98. The van der Waals surface area contributed by atoms with Gasteiger partial charge in [0.25, 0.3) is 5.91 Å². The van der Waals surface area contributed by atoms with Crippen LogP contribution in [-0.2, 0) is 0 Å². The molecule has 3 aromatic heterocycles. The molecule has 1 amide bonds. The highest BCUT2D eigenvalue weighted by Crippen LogP contribution is 2.24. The van der Waals surface area contributed by atoms with Crippen molar-refractivity contribution in [3.63, 3.8) is 0 Å². The van der Waals surface area contributed by atoms with Crippen LogP contribution in [0.25, 0.3) is 27.1 Å². The van der Waals surface area contributed by atoms with Gasteiger partial charge in [-0.3, -0.25) is 4.79 Å². The summed E-state index contributed by atoms with van der Waals surface area (Å²) in [6.45, 7) is 0. The molecule has 3 heterocycles. The van der Waals surface area contributed by atoms with Crippen LogP contribution >= 0.6 is 11.3 Å². The largest absolute Gasteiger partial charge is 0.322 e. The average molecular weight is 370 g/mol. The second-order valence-corrected chi connectivity index (χ2v) is 7.05. The summed E-state index contributed by atoms with van der Waals surface area (Å²) in [7, 11) is 0. The standard InChI is InChI=1S/C21H14N4OS/c26-21(15-7-8-17-19(11-15)27-13-22-17)23-16-5-3-4-14(10-16)18-12-25-9-2-1-6-20(25)24-18/h1-13H,(H,23,26). The zero-order valence-electron chi connectivity index (χ0n) is 14.2. The summed E-state index contributed by atoms with van der Waals surface area (Å²) in [6, 6.07) is 19.1. The molecular formula is C21H14N4OS. The number of fused-ring (bicyclic) bond motifs is 2. The summed E-state index contributed by atoms with van der Waals surface area (Å²) in [6.07, 6.45) is 3.95. The molecule has 5 nitrogen and oxygen atoms in total. The molecule has 5 aromatic rings. The first-order chi connectivity index (χ1) is 13.3. The van der Waals surface area contributed by atoms with E-state index in [0.717, 1.165) is 32.8 Å². The number of hydrogen-bond donors (Lipinski definition) is 1. The maximum absolute atomic E-state index is 12.6. The average Bonchev–Trinajstić information content (AvgIpc) is 3.34. The smallest absolute Gasteiger partial charge is 0.255 e. The highest BCUT2D eigenvalue weighted by molar-refractivity contribution is 7.16. The van der Waals surface area contributed by atoms with E-state index in [1.54, 1.807) is 11.6 Å². The van der Waals surface area contributed by atoms with Gasteiger partial charge in [0.15, 0.2) is 0 Å². The minimum atomic E-state index is -0.141. The van der Waals surface area contributed by atoms with Gasteiger partial charge in [0.05, 0.1) is 21.4 Å². The van der Waals surface area contributed by atoms with Gasteiger partial charge in [-0.25, -0.2) is 9.97 Å². The number of hydrogen-bond acceptors (Lipinski definition) is 4. The Morgan fingerprint density at radius 2 is 2.00 bits per heavy atom. The second-order valence-electron chi connectivity index (χ2n) is 6.16. The number of amides is 1. The van der Waals surface area contributed by atoms with E-state index in [-0.39, 0.29) is 5.91 Å². The van der Waals surface area contributed by atoms with E-state index in [1.807, 2.05) is 71.4 Å². The predicted octanol–water partition coefficient (Wildman–Crippen LogP) is 4.86. The number of anilines is 1. The van der Waals surface area contributed by atoms with Crippen LogP contribution in [0.15, 0.2) is 78.6 Å². The van der Waals surface area contributed by atoms with Crippen molar-refractivity contribution in [3.8, 4) is 11.3 Å². The topological polar surface area (TPSA) is 59.3 Å². The lowest BCUT2D eigenvalue weighted by atomic mass is 10.1. The molecule has 27 heavy (non-hydrogen) atoms. The van der Waals surface area contributed by atoms with Gasteiger partial charge >= 0.3 is 0 Å². The molecule has 0 radical (unpaired) electrons. The van der Waals surface area contributed by atoms with E-state index in [2.05, 4.69) is 15.3 Å². The van der Waals surface area contributed by atoms with Gasteiger partial charge in [0.1, 0.15) is 5.65 Å². The molecule has 0 aliphatic heterocycles. The summed E-state index contributed by atoms with van der Waals surface area (Å²) >= 11 is 1.53. The Labute approximate surface area is 159 Å². The molecule has 0 spiro atoms. The Bertz CT molecular complexity index is 1250. The van der Waals surface area contributed by atoms with Crippen LogP contribution in [0, 0.1) is 0 Å². The summed E-state index contributed by atoms with van der Waals surface area (Å²) in [5, 5.41) is 2.97. The molecule has 2 aromatic carbocycles. The van der Waals surface area contributed by atoms with Crippen LogP contribution in [0.3, 0.4) is 0 Å². The van der Waals surface area contributed by atoms with Crippen LogP contribution in [0.4, 0.5) is 5.69 Å². The number of benzene rings is 2. The molecule has 0 aliphatic rings. The number of carbonyl (C=O) groups is 1. The number of nitrogens with zero attached hydrogens (tertiary/aromatic N) is 3. The number of thiazole rings is 1. The Kier molecular flexibility index (Phi) is 3.69. The normalized spacial score (nSPS) is 11.1. The Balaban J connectivity index is 1.43. The number of carbonyl (C=O) groups excluding carboxylic acids is 1. The highest BCUT2D eigenvalue weighted by atomic mass is 32.1. The van der Waals surface area contributed by atoms with Crippen molar-refractivity contribution in [3.05, 3.63) is 84.1 Å². The van der Waals surface area contributed by atoms with Crippen molar-refractivity contribution in [2.24, 2.45) is 0 Å². The van der Waals surface area contributed by atoms with Crippen LogP contribution in [0.1, 0.15) is 10.4 Å². The van der Waals surface area contributed by atoms with Crippen molar-refractivity contribution in [1.29, 1.82) is 0 Å². The SMILES string of the molecule is O=C(Nc1cccc(-c2cn3ccccc3n2)c1)c1ccc2ncsc2c1. The Morgan fingerprint density at radius 3 is 2.93 bits per heavy atom. The third-order valence-electron chi connectivity index (χ3n) is 4.37.